The van der Waals surface area contributed by atoms with Crippen molar-refractivity contribution in [2.75, 3.05) is 7.11 Å². The molecular formula is C23H28N2O6. The van der Waals surface area contributed by atoms with Gasteiger partial charge in [0.05, 0.1) is 7.11 Å². The second-order valence-corrected chi connectivity index (χ2v) is 7.44. The number of carbonyl (C=O) groups is 3. The molecule has 0 radical (unpaired) electrons. The SMILES string of the molecule is COc1ccc(C[C@@H](C(=O)O)N(NC(=O)OCc2ccccc2)C(=O)CC(C)C)cc1. The van der Waals surface area contributed by atoms with Gasteiger partial charge in [0.15, 0.2) is 6.04 Å². The Morgan fingerprint density at radius 1 is 1.00 bits per heavy atom. The van der Waals surface area contributed by atoms with Gasteiger partial charge >= 0.3 is 12.1 Å². The fourth-order valence-electron chi connectivity index (χ4n) is 2.89. The number of carboxylic acid groups (broad SMARTS) is 1. The Labute approximate surface area is 181 Å². The van der Waals surface area contributed by atoms with Crippen LogP contribution in [0.4, 0.5) is 4.79 Å². The minimum atomic E-state index is -1.30. The Morgan fingerprint density at radius 2 is 1.65 bits per heavy atom. The zero-order valence-electron chi connectivity index (χ0n) is 17.9. The molecule has 0 bridgehead atoms. The van der Waals surface area contributed by atoms with E-state index in [1.54, 1.807) is 36.4 Å². The molecule has 31 heavy (non-hydrogen) atoms. The van der Waals surface area contributed by atoms with Gasteiger partial charge in [0, 0.05) is 12.8 Å². The smallest absolute Gasteiger partial charge is 0.426 e. The maximum Gasteiger partial charge on any atom is 0.426 e. The second-order valence-electron chi connectivity index (χ2n) is 7.44. The molecular weight excluding hydrogens is 400 g/mol. The summed E-state index contributed by atoms with van der Waals surface area (Å²) in [5.41, 5.74) is 3.78. The molecule has 0 aromatic heterocycles. The van der Waals surface area contributed by atoms with Crippen molar-refractivity contribution in [2.45, 2.75) is 39.3 Å². The third-order valence-corrected chi connectivity index (χ3v) is 4.46. The number of aliphatic carboxylic acids is 1. The van der Waals surface area contributed by atoms with E-state index in [0.29, 0.717) is 11.3 Å². The van der Waals surface area contributed by atoms with Crippen LogP contribution in [0.5, 0.6) is 5.75 Å². The van der Waals surface area contributed by atoms with Crippen LogP contribution in [0.25, 0.3) is 0 Å². The molecule has 166 valence electrons. The number of nitrogens with zero attached hydrogens (tertiary/aromatic N) is 1. The lowest BCUT2D eigenvalue weighted by molar-refractivity contribution is -0.153. The molecule has 8 nitrogen and oxygen atoms in total. The van der Waals surface area contributed by atoms with Gasteiger partial charge in [0.1, 0.15) is 12.4 Å². The summed E-state index contributed by atoms with van der Waals surface area (Å²) in [7, 11) is 1.53. The Bertz CT molecular complexity index is 867. The van der Waals surface area contributed by atoms with Crippen molar-refractivity contribution in [3.8, 4) is 5.75 Å². The van der Waals surface area contributed by atoms with Crippen molar-refractivity contribution in [3.63, 3.8) is 0 Å². The molecule has 0 spiro atoms. The van der Waals surface area contributed by atoms with Gasteiger partial charge in [-0.15, -0.1) is 0 Å². The highest BCUT2D eigenvalue weighted by Gasteiger charge is 2.32. The zero-order chi connectivity index (χ0) is 22.8. The number of carboxylic acids is 1. The van der Waals surface area contributed by atoms with E-state index in [1.165, 1.54) is 7.11 Å². The molecule has 0 saturated carbocycles. The van der Waals surface area contributed by atoms with E-state index < -0.39 is 24.0 Å². The fraction of sp³-hybridized carbons (Fsp3) is 0.348. The molecule has 2 N–H and O–H groups in total. The molecule has 0 aliphatic rings. The van der Waals surface area contributed by atoms with Crippen LogP contribution < -0.4 is 10.2 Å². The third kappa shape index (κ3) is 7.65. The molecule has 0 aliphatic heterocycles. The molecule has 0 heterocycles. The lowest BCUT2D eigenvalue weighted by Crippen LogP contribution is -2.56. The average Bonchev–Trinajstić information content (AvgIpc) is 2.75. The number of rotatable bonds is 9. The van der Waals surface area contributed by atoms with Gasteiger partial charge < -0.3 is 14.6 Å². The molecule has 1 atom stereocenters. The quantitative estimate of drug-likeness (QED) is 0.593. The predicted octanol–water partition coefficient (Wildman–Crippen LogP) is 3.41. The number of hydrogen-bond donors (Lipinski definition) is 2. The first-order chi connectivity index (χ1) is 14.8. The van der Waals surface area contributed by atoms with Gasteiger partial charge in [0.25, 0.3) is 0 Å². The van der Waals surface area contributed by atoms with Crippen LogP contribution in [-0.4, -0.2) is 41.2 Å². The van der Waals surface area contributed by atoms with Gasteiger partial charge in [-0.1, -0.05) is 56.3 Å². The van der Waals surface area contributed by atoms with E-state index in [0.717, 1.165) is 10.6 Å². The monoisotopic (exact) mass is 428 g/mol. The highest BCUT2D eigenvalue weighted by Crippen LogP contribution is 2.16. The van der Waals surface area contributed by atoms with Gasteiger partial charge in [-0.05, 0) is 29.2 Å². The van der Waals surface area contributed by atoms with Gasteiger partial charge in [-0.3, -0.25) is 4.79 Å². The number of ether oxygens (including phenoxy) is 2. The number of amides is 2. The Kier molecular flexibility index (Phi) is 8.87. The summed E-state index contributed by atoms with van der Waals surface area (Å²) in [6.45, 7) is 3.67. The number of carbonyl (C=O) groups excluding carboxylic acids is 2. The van der Waals surface area contributed by atoms with Crippen LogP contribution >= 0.6 is 0 Å². The minimum Gasteiger partial charge on any atom is -0.497 e. The van der Waals surface area contributed by atoms with Crippen molar-refractivity contribution in [1.82, 2.24) is 10.4 Å². The summed E-state index contributed by atoms with van der Waals surface area (Å²) in [6, 6.07) is 14.6. The Hall–Kier alpha value is -3.55. The Balaban J connectivity index is 2.16. The summed E-state index contributed by atoms with van der Waals surface area (Å²) in [5, 5.41) is 10.7. The summed E-state index contributed by atoms with van der Waals surface area (Å²) >= 11 is 0. The maximum atomic E-state index is 12.8. The van der Waals surface area contributed by atoms with Crippen molar-refractivity contribution in [3.05, 3.63) is 65.7 Å². The lowest BCUT2D eigenvalue weighted by atomic mass is 10.0. The van der Waals surface area contributed by atoms with E-state index in [4.69, 9.17) is 9.47 Å². The summed E-state index contributed by atoms with van der Waals surface area (Å²) in [5.74, 6) is -1.14. The van der Waals surface area contributed by atoms with E-state index in [1.807, 2.05) is 32.0 Å². The molecule has 2 aromatic rings. The van der Waals surface area contributed by atoms with Gasteiger partial charge in [-0.2, -0.15) is 0 Å². The maximum absolute atomic E-state index is 12.8. The molecule has 0 saturated heterocycles. The van der Waals surface area contributed by atoms with E-state index >= 15 is 0 Å². The van der Waals surface area contributed by atoms with Crippen LogP contribution in [0.15, 0.2) is 54.6 Å². The highest BCUT2D eigenvalue weighted by molar-refractivity contribution is 5.85. The topological polar surface area (TPSA) is 105 Å². The number of benzene rings is 2. The number of hydrogen-bond acceptors (Lipinski definition) is 5. The van der Waals surface area contributed by atoms with Crippen LogP contribution in [0.2, 0.25) is 0 Å². The van der Waals surface area contributed by atoms with E-state index in [2.05, 4.69) is 5.43 Å². The summed E-state index contributed by atoms with van der Waals surface area (Å²) in [4.78, 5) is 37.1. The van der Waals surface area contributed by atoms with Crippen molar-refractivity contribution < 1.29 is 29.0 Å². The third-order valence-electron chi connectivity index (χ3n) is 4.46. The van der Waals surface area contributed by atoms with Crippen LogP contribution in [0, 0.1) is 5.92 Å². The number of methoxy groups -OCH3 is 1. The largest absolute Gasteiger partial charge is 0.497 e. The van der Waals surface area contributed by atoms with E-state index in [-0.39, 0.29) is 25.4 Å². The fourth-order valence-corrected chi connectivity index (χ4v) is 2.89. The first-order valence-corrected chi connectivity index (χ1v) is 9.95. The zero-order valence-corrected chi connectivity index (χ0v) is 17.9. The first kappa shape index (κ1) is 23.7. The van der Waals surface area contributed by atoms with Crippen LogP contribution in [0.3, 0.4) is 0 Å². The summed E-state index contributed by atoms with van der Waals surface area (Å²) in [6.07, 6.45) is -0.824. The van der Waals surface area contributed by atoms with E-state index in [9.17, 15) is 19.5 Å². The molecule has 0 unspecified atom stereocenters. The number of nitrogens with one attached hydrogen (secondary N) is 1. The number of hydrazine groups is 1. The van der Waals surface area contributed by atoms with Crippen molar-refractivity contribution in [2.24, 2.45) is 5.92 Å². The van der Waals surface area contributed by atoms with Gasteiger partial charge in [-0.25, -0.2) is 20.0 Å². The van der Waals surface area contributed by atoms with Gasteiger partial charge in [0.2, 0.25) is 5.91 Å². The lowest BCUT2D eigenvalue weighted by Gasteiger charge is -2.29. The van der Waals surface area contributed by atoms with Crippen LogP contribution in [0.1, 0.15) is 31.4 Å². The average molecular weight is 428 g/mol. The second kappa shape index (κ2) is 11.6. The van der Waals surface area contributed by atoms with Crippen molar-refractivity contribution in [1.29, 1.82) is 0 Å². The molecule has 2 rings (SSSR count). The molecule has 8 heteroatoms. The highest BCUT2D eigenvalue weighted by atomic mass is 16.6. The van der Waals surface area contributed by atoms with Crippen molar-refractivity contribution >= 4 is 18.0 Å². The standard InChI is InChI=1S/C23H28N2O6/c1-16(2)13-21(26)25(24-23(29)31-15-18-7-5-4-6-8-18)20(22(27)28)14-17-9-11-19(30-3)12-10-17/h4-12,16,20H,13-15H2,1-3H3,(H,24,29)(H,27,28)/t20-/m0/s1. The summed E-state index contributed by atoms with van der Waals surface area (Å²) < 4.78 is 10.3. The normalized spacial score (nSPS) is 11.5. The predicted molar refractivity (Wildman–Crippen MR) is 114 cm³/mol. The molecule has 2 aromatic carbocycles. The Morgan fingerprint density at radius 3 is 2.19 bits per heavy atom. The minimum absolute atomic E-state index is 0.00211. The molecule has 2 amide bonds. The van der Waals surface area contributed by atoms with Crippen LogP contribution in [-0.2, 0) is 27.4 Å². The first-order valence-electron chi connectivity index (χ1n) is 9.95. The molecule has 0 fully saturated rings. The molecule has 0 aliphatic carbocycles.